The number of benzene rings is 2. The Morgan fingerprint density at radius 1 is 1.13 bits per heavy atom. The van der Waals surface area contributed by atoms with Crippen LogP contribution in [0.2, 0.25) is 5.02 Å². The second-order valence-electron chi connectivity index (χ2n) is 11.0. The van der Waals surface area contributed by atoms with Crippen molar-refractivity contribution >= 4 is 29.3 Å². The highest BCUT2D eigenvalue weighted by Gasteiger charge is 2.47. The smallest absolute Gasteiger partial charge is 0.255 e. The number of piperidine rings is 2. The summed E-state index contributed by atoms with van der Waals surface area (Å²) >= 11 is 6.14. The molecule has 10 heteroatoms. The van der Waals surface area contributed by atoms with Gasteiger partial charge in [-0.2, -0.15) is 5.10 Å². The molecule has 5 heterocycles. The van der Waals surface area contributed by atoms with Crippen LogP contribution in [0.15, 0.2) is 48.8 Å². The number of nitrogens with zero attached hydrogens (tertiary/aromatic N) is 4. The molecule has 1 N–H and O–H groups in total. The number of hydrogen-bond acceptors (Lipinski definition) is 6. The van der Waals surface area contributed by atoms with Crippen LogP contribution in [0.4, 0.5) is 0 Å². The zero-order valence-corrected chi connectivity index (χ0v) is 22.1. The minimum atomic E-state index is -0.625. The van der Waals surface area contributed by atoms with Crippen molar-refractivity contribution in [1.82, 2.24) is 24.9 Å². The molecule has 1 unspecified atom stereocenters. The topological polar surface area (TPSA) is 96.8 Å². The fourth-order valence-corrected chi connectivity index (χ4v) is 6.68. The van der Waals surface area contributed by atoms with E-state index >= 15 is 0 Å². The SMILES string of the molecule is O=C1CCC(N2Cc3c(ccc4c3OCC43CCN(Cc4cnn(-c5cccc(Cl)c5)c4)CC3)C2=O)C(=O)N1. The highest BCUT2D eigenvalue weighted by Crippen LogP contribution is 2.49. The number of amides is 3. The third-order valence-corrected chi connectivity index (χ3v) is 8.89. The Hall–Kier alpha value is -3.69. The number of hydrogen-bond donors (Lipinski definition) is 1. The monoisotopic (exact) mass is 545 g/mol. The van der Waals surface area contributed by atoms with E-state index in [0.29, 0.717) is 30.2 Å². The minimum absolute atomic E-state index is 0.0725. The van der Waals surface area contributed by atoms with Crippen molar-refractivity contribution in [2.75, 3.05) is 19.7 Å². The van der Waals surface area contributed by atoms with Crippen LogP contribution in [0.3, 0.4) is 0 Å². The molecule has 0 saturated carbocycles. The van der Waals surface area contributed by atoms with E-state index in [0.717, 1.165) is 55.0 Å². The van der Waals surface area contributed by atoms with Crippen molar-refractivity contribution < 1.29 is 19.1 Å². The second kappa shape index (κ2) is 9.20. The summed E-state index contributed by atoms with van der Waals surface area (Å²) in [5.74, 6) is -0.0355. The summed E-state index contributed by atoms with van der Waals surface area (Å²) < 4.78 is 8.16. The van der Waals surface area contributed by atoms with E-state index in [1.807, 2.05) is 41.2 Å². The average molecular weight is 546 g/mol. The average Bonchev–Trinajstić information content (AvgIpc) is 3.62. The molecule has 2 aromatic carbocycles. The lowest BCUT2D eigenvalue weighted by Gasteiger charge is -2.38. The van der Waals surface area contributed by atoms with Crippen LogP contribution < -0.4 is 10.1 Å². The first-order chi connectivity index (χ1) is 18.9. The third kappa shape index (κ3) is 4.11. The summed E-state index contributed by atoms with van der Waals surface area (Å²) in [4.78, 5) is 41.3. The fourth-order valence-electron chi connectivity index (χ4n) is 6.50. The number of fused-ring (bicyclic) bond motifs is 4. The number of halogens is 1. The van der Waals surface area contributed by atoms with Gasteiger partial charge in [0.1, 0.15) is 11.8 Å². The number of carbonyl (C=O) groups excluding carboxylic acids is 3. The number of carbonyl (C=O) groups is 3. The van der Waals surface area contributed by atoms with E-state index in [9.17, 15) is 14.4 Å². The van der Waals surface area contributed by atoms with Gasteiger partial charge in [-0.1, -0.05) is 23.7 Å². The maximum atomic E-state index is 13.2. The van der Waals surface area contributed by atoms with Crippen LogP contribution in [0, 0.1) is 0 Å². The Morgan fingerprint density at radius 2 is 1.97 bits per heavy atom. The first-order valence-corrected chi connectivity index (χ1v) is 13.7. The van der Waals surface area contributed by atoms with Gasteiger partial charge >= 0.3 is 0 Å². The van der Waals surface area contributed by atoms with Crippen LogP contribution in [-0.4, -0.2) is 63.0 Å². The minimum Gasteiger partial charge on any atom is -0.492 e. The molecular weight excluding hydrogens is 518 g/mol. The molecule has 39 heavy (non-hydrogen) atoms. The fraction of sp³-hybridized carbons (Fsp3) is 0.379. The molecule has 1 spiro atoms. The Labute approximate surface area is 230 Å². The van der Waals surface area contributed by atoms with E-state index in [2.05, 4.69) is 27.6 Å². The number of likely N-dealkylation sites (tertiary alicyclic amines) is 1. The van der Waals surface area contributed by atoms with Gasteiger partial charge in [0.2, 0.25) is 11.8 Å². The van der Waals surface area contributed by atoms with Crippen molar-refractivity contribution in [1.29, 1.82) is 0 Å². The molecule has 2 fully saturated rings. The van der Waals surface area contributed by atoms with Crippen LogP contribution in [0.1, 0.15) is 52.7 Å². The van der Waals surface area contributed by atoms with E-state index in [1.165, 1.54) is 5.56 Å². The van der Waals surface area contributed by atoms with Gasteiger partial charge in [0.25, 0.3) is 5.91 Å². The summed E-state index contributed by atoms with van der Waals surface area (Å²) in [5.41, 5.74) is 4.66. The van der Waals surface area contributed by atoms with Gasteiger partial charge in [-0.05, 0) is 56.6 Å². The zero-order chi connectivity index (χ0) is 26.7. The molecule has 0 radical (unpaired) electrons. The predicted octanol–water partition coefficient (Wildman–Crippen LogP) is 3.21. The lowest BCUT2D eigenvalue weighted by molar-refractivity contribution is -0.136. The summed E-state index contributed by atoms with van der Waals surface area (Å²) in [7, 11) is 0. The van der Waals surface area contributed by atoms with Gasteiger partial charge < -0.3 is 9.64 Å². The summed E-state index contributed by atoms with van der Waals surface area (Å²) in [6.07, 6.45) is 6.49. The molecule has 3 amide bonds. The molecule has 0 bridgehead atoms. The third-order valence-electron chi connectivity index (χ3n) is 8.66. The quantitative estimate of drug-likeness (QED) is 0.506. The van der Waals surface area contributed by atoms with Crippen LogP contribution in [0.5, 0.6) is 5.75 Å². The van der Waals surface area contributed by atoms with E-state index < -0.39 is 11.9 Å². The number of ether oxygens (including phenoxy) is 1. The molecule has 1 aromatic heterocycles. The van der Waals surface area contributed by atoms with Gasteiger partial charge in [-0.15, -0.1) is 0 Å². The lowest BCUT2D eigenvalue weighted by Crippen LogP contribution is -2.52. The van der Waals surface area contributed by atoms with Crippen molar-refractivity contribution in [3.05, 3.63) is 76.1 Å². The highest BCUT2D eigenvalue weighted by molar-refractivity contribution is 6.30. The van der Waals surface area contributed by atoms with Crippen molar-refractivity contribution in [2.24, 2.45) is 0 Å². The molecule has 3 aromatic rings. The Morgan fingerprint density at radius 3 is 2.77 bits per heavy atom. The van der Waals surface area contributed by atoms with Gasteiger partial charge in [0.15, 0.2) is 0 Å². The van der Waals surface area contributed by atoms with Crippen molar-refractivity contribution in [3.8, 4) is 11.4 Å². The molecule has 200 valence electrons. The Kier molecular flexibility index (Phi) is 5.75. The highest BCUT2D eigenvalue weighted by atomic mass is 35.5. The Balaban J connectivity index is 1.04. The molecule has 1 atom stereocenters. The normalized spacial score (nSPS) is 22.1. The van der Waals surface area contributed by atoms with Gasteiger partial charge in [0.05, 0.1) is 25.0 Å². The summed E-state index contributed by atoms with van der Waals surface area (Å²) in [6.45, 7) is 3.63. The van der Waals surface area contributed by atoms with Crippen LogP contribution in [-0.2, 0) is 28.1 Å². The summed E-state index contributed by atoms with van der Waals surface area (Å²) in [6, 6.07) is 11.0. The van der Waals surface area contributed by atoms with E-state index in [4.69, 9.17) is 16.3 Å². The molecule has 9 nitrogen and oxygen atoms in total. The standard InChI is InChI=1S/C29H28ClN5O4/c30-19-2-1-3-20(12-19)35-15-18(13-31-35)14-33-10-8-29(9-11-33)17-39-26-22-16-34(24-6-7-25(36)32-27(24)37)28(38)21(22)4-5-23(26)29/h1-5,12-13,15,24H,6-11,14,16-17H2,(H,32,36,37). The van der Waals surface area contributed by atoms with Gasteiger partial charge in [-0.3, -0.25) is 24.6 Å². The van der Waals surface area contributed by atoms with Gasteiger partial charge in [-0.25, -0.2) is 4.68 Å². The van der Waals surface area contributed by atoms with Crippen molar-refractivity contribution in [3.63, 3.8) is 0 Å². The number of nitrogens with one attached hydrogen (secondary N) is 1. The molecule has 7 rings (SSSR count). The van der Waals surface area contributed by atoms with Crippen LogP contribution >= 0.6 is 11.6 Å². The number of aromatic nitrogens is 2. The van der Waals surface area contributed by atoms with Gasteiger partial charge in [0, 0.05) is 51.9 Å². The predicted molar refractivity (Wildman–Crippen MR) is 143 cm³/mol. The maximum absolute atomic E-state index is 13.2. The molecule has 2 saturated heterocycles. The van der Waals surface area contributed by atoms with Crippen LogP contribution in [0.25, 0.3) is 5.69 Å². The molecule has 4 aliphatic rings. The maximum Gasteiger partial charge on any atom is 0.255 e. The van der Waals surface area contributed by atoms with E-state index in [-0.39, 0.29) is 23.7 Å². The molecule has 4 aliphatic heterocycles. The first-order valence-electron chi connectivity index (χ1n) is 13.4. The molecule has 0 aliphatic carbocycles. The number of imide groups is 1. The van der Waals surface area contributed by atoms with E-state index in [1.54, 1.807) is 4.90 Å². The Bertz CT molecular complexity index is 1510. The van der Waals surface area contributed by atoms with Crippen molar-refractivity contribution in [2.45, 2.75) is 50.2 Å². The second-order valence-corrected chi connectivity index (χ2v) is 11.4. The number of rotatable bonds is 4. The first kappa shape index (κ1) is 24.4. The zero-order valence-electron chi connectivity index (χ0n) is 21.4. The lowest BCUT2D eigenvalue weighted by atomic mass is 9.74. The molecular formula is C29H28ClN5O4. The summed E-state index contributed by atoms with van der Waals surface area (Å²) in [5, 5.41) is 7.57. The largest absolute Gasteiger partial charge is 0.492 e.